The summed E-state index contributed by atoms with van der Waals surface area (Å²) in [6, 6.07) is 1.40. The van der Waals surface area contributed by atoms with Crippen molar-refractivity contribution >= 4 is 5.96 Å². The summed E-state index contributed by atoms with van der Waals surface area (Å²) in [4.78, 5) is 12.8. The Morgan fingerprint density at radius 2 is 1.71 bits per heavy atom. The van der Waals surface area contributed by atoms with Crippen molar-refractivity contribution in [2.45, 2.75) is 65.0 Å². The van der Waals surface area contributed by atoms with Gasteiger partial charge in [-0.25, -0.2) is 0 Å². The lowest BCUT2D eigenvalue weighted by Gasteiger charge is -2.35. The van der Waals surface area contributed by atoms with Crippen LogP contribution in [0.3, 0.4) is 0 Å². The van der Waals surface area contributed by atoms with Gasteiger partial charge in [-0.15, -0.1) is 0 Å². The van der Waals surface area contributed by atoms with Crippen molar-refractivity contribution < 1.29 is 0 Å². The van der Waals surface area contributed by atoms with Crippen LogP contribution in [0.25, 0.3) is 0 Å². The second-order valence-corrected chi connectivity index (χ2v) is 9.12. The van der Waals surface area contributed by atoms with Gasteiger partial charge >= 0.3 is 0 Å². The van der Waals surface area contributed by atoms with E-state index in [4.69, 9.17) is 4.99 Å². The number of nitrogens with one attached hydrogen (secondary N) is 2. The zero-order valence-electron chi connectivity index (χ0n) is 18.6. The number of nitrogens with zero attached hydrogens (tertiary/aromatic N) is 4. The zero-order valence-corrected chi connectivity index (χ0v) is 18.6. The Balaban J connectivity index is 1.41. The molecule has 0 aromatic heterocycles. The molecule has 28 heavy (non-hydrogen) atoms. The summed E-state index contributed by atoms with van der Waals surface area (Å²) < 4.78 is 0. The lowest BCUT2D eigenvalue weighted by atomic mass is 10.1. The van der Waals surface area contributed by atoms with Gasteiger partial charge in [-0.1, -0.05) is 26.7 Å². The summed E-state index contributed by atoms with van der Waals surface area (Å²) in [5.74, 6) is 1.62. The fourth-order valence-corrected chi connectivity index (χ4v) is 5.05. The van der Waals surface area contributed by atoms with Gasteiger partial charge in [-0.05, 0) is 38.6 Å². The molecule has 3 fully saturated rings. The Labute approximate surface area is 173 Å². The Bertz CT molecular complexity index is 468. The van der Waals surface area contributed by atoms with Gasteiger partial charge < -0.3 is 20.4 Å². The van der Waals surface area contributed by atoms with Gasteiger partial charge in [0, 0.05) is 71.0 Å². The lowest BCUT2D eigenvalue weighted by Crippen LogP contribution is -2.48. The highest BCUT2D eigenvalue weighted by molar-refractivity contribution is 5.80. The summed E-state index contributed by atoms with van der Waals surface area (Å²) >= 11 is 0. The summed E-state index contributed by atoms with van der Waals surface area (Å²) in [6.45, 7) is 18.2. The van der Waals surface area contributed by atoms with Gasteiger partial charge in [0.2, 0.25) is 0 Å². The van der Waals surface area contributed by atoms with E-state index >= 15 is 0 Å². The molecule has 2 saturated heterocycles. The molecule has 0 spiro atoms. The van der Waals surface area contributed by atoms with Crippen LogP contribution < -0.4 is 10.6 Å². The van der Waals surface area contributed by atoms with Crippen LogP contribution in [0.5, 0.6) is 0 Å². The number of likely N-dealkylation sites (N-methyl/N-ethyl adjacent to an activating group) is 1. The van der Waals surface area contributed by atoms with Crippen molar-refractivity contribution in [1.82, 2.24) is 25.3 Å². The molecule has 2 atom stereocenters. The third-order valence-corrected chi connectivity index (χ3v) is 6.79. The Morgan fingerprint density at radius 1 is 1.00 bits per heavy atom. The van der Waals surface area contributed by atoms with Gasteiger partial charge in [0.05, 0.1) is 0 Å². The van der Waals surface area contributed by atoms with Crippen LogP contribution in [-0.2, 0) is 0 Å². The van der Waals surface area contributed by atoms with Crippen molar-refractivity contribution in [3.8, 4) is 0 Å². The van der Waals surface area contributed by atoms with Crippen LogP contribution in [-0.4, -0.2) is 98.2 Å². The van der Waals surface area contributed by atoms with E-state index in [1.807, 2.05) is 0 Å². The second-order valence-electron chi connectivity index (χ2n) is 9.12. The SMILES string of the molecule is CCNC(=NCC(C)CN1CCN(CC)CC1)NC1CCN(C2CCCC2)C1. The number of guanidine groups is 1. The second kappa shape index (κ2) is 11.4. The fraction of sp³-hybridized carbons (Fsp3) is 0.955. The van der Waals surface area contributed by atoms with E-state index in [-0.39, 0.29) is 0 Å². The molecule has 2 unspecified atom stereocenters. The largest absolute Gasteiger partial charge is 0.357 e. The molecular weight excluding hydrogens is 348 g/mol. The molecule has 0 amide bonds. The molecule has 0 aromatic rings. The number of hydrogen-bond donors (Lipinski definition) is 2. The molecule has 2 heterocycles. The van der Waals surface area contributed by atoms with E-state index < -0.39 is 0 Å². The molecule has 162 valence electrons. The highest BCUT2D eigenvalue weighted by atomic mass is 15.3. The summed E-state index contributed by atoms with van der Waals surface area (Å²) in [5.41, 5.74) is 0. The first kappa shape index (κ1) is 21.8. The normalized spacial score (nSPS) is 27.4. The van der Waals surface area contributed by atoms with E-state index in [9.17, 15) is 0 Å². The van der Waals surface area contributed by atoms with Crippen LogP contribution in [0.15, 0.2) is 4.99 Å². The summed E-state index contributed by atoms with van der Waals surface area (Å²) in [7, 11) is 0. The third kappa shape index (κ3) is 6.60. The molecule has 3 rings (SSSR count). The van der Waals surface area contributed by atoms with Gasteiger partial charge in [-0.3, -0.25) is 9.89 Å². The predicted octanol–water partition coefficient (Wildman–Crippen LogP) is 1.83. The van der Waals surface area contributed by atoms with Crippen LogP contribution in [0.2, 0.25) is 0 Å². The molecule has 2 N–H and O–H groups in total. The van der Waals surface area contributed by atoms with Crippen LogP contribution in [0.4, 0.5) is 0 Å². The molecule has 1 saturated carbocycles. The number of piperazine rings is 1. The number of hydrogen-bond acceptors (Lipinski definition) is 4. The topological polar surface area (TPSA) is 46.1 Å². The van der Waals surface area contributed by atoms with E-state index in [0.717, 1.165) is 25.1 Å². The number of rotatable bonds is 8. The minimum absolute atomic E-state index is 0.552. The van der Waals surface area contributed by atoms with Crippen molar-refractivity contribution in [2.75, 3.05) is 65.4 Å². The molecule has 6 heteroatoms. The third-order valence-electron chi connectivity index (χ3n) is 6.79. The molecule has 2 aliphatic heterocycles. The quantitative estimate of drug-likeness (QED) is 0.487. The Hall–Kier alpha value is -0.850. The minimum Gasteiger partial charge on any atom is -0.357 e. The summed E-state index contributed by atoms with van der Waals surface area (Å²) in [5, 5.41) is 7.19. The maximum atomic E-state index is 4.93. The first-order valence-electron chi connectivity index (χ1n) is 11.9. The monoisotopic (exact) mass is 392 g/mol. The van der Waals surface area contributed by atoms with Gasteiger partial charge in [0.15, 0.2) is 5.96 Å². The molecule has 1 aliphatic carbocycles. The first-order valence-corrected chi connectivity index (χ1v) is 11.9. The minimum atomic E-state index is 0.552. The molecule has 0 bridgehead atoms. The predicted molar refractivity (Wildman–Crippen MR) is 119 cm³/mol. The molecular formula is C22H44N6. The van der Waals surface area contributed by atoms with Crippen LogP contribution in [0, 0.1) is 5.92 Å². The average Bonchev–Trinajstić information content (AvgIpc) is 3.39. The highest BCUT2D eigenvalue weighted by Gasteiger charge is 2.30. The fourth-order valence-electron chi connectivity index (χ4n) is 5.05. The zero-order chi connectivity index (χ0) is 19.8. The van der Waals surface area contributed by atoms with Crippen molar-refractivity contribution in [2.24, 2.45) is 10.9 Å². The van der Waals surface area contributed by atoms with Crippen molar-refractivity contribution in [3.63, 3.8) is 0 Å². The van der Waals surface area contributed by atoms with Gasteiger partial charge in [0.1, 0.15) is 0 Å². The molecule has 0 radical (unpaired) electrons. The molecule has 0 aromatic carbocycles. The van der Waals surface area contributed by atoms with Crippen LogP contribution in [0.1, 0.15) is 52.9 Å². The van der Waals surface area contributed by atoms with Crippen molar-refractivity contribution in [1.29, 1.82) is 0 Å². The van der Waals surface area contributed by atoms with Crippen LogP contribution >= 0.6 is 0 Å². The summed E-state index contributed by atoms with van der Waals surface area (Å²) in [6.07, 6.45) is 6.91. The van der Waals surface area contributed by atoms with E-state index in [1.165, 1.54) is 84.5 Å². The maximum Gasteiger partial charge on any atom is 0.191 e. The van der Waals surface area contributed by atoms with Gasteiger partial charge in [-0.2, -0.15) is 0 Å². The molecule has 3 aliphatic rings. The Morgan fingerprint density at radius 3 is 2.39 bits per heavy atom. The lowest BCUT2D eigenvalue weighted by molar-refractivity contribution is 0.125. The average molecular weight is 393 g/mol. The van der Waals surface area contributed by atoms with E-state index in [2.05, 4.69) is 46.1 Å². The number of likely N-dealkylation sites (tertiary alicyclic amines) is 1. The Kier molecular flexibility index (Phi) is 8.87. The van der Waals surface area contributed by atoms with E-state index in [0.29, 0.717) is 12.0 Å². The van der Waals surface area contributed by atoms with Gasteiger partial charge in [0.25, 0.3) is 0 Å². The molecule has 6 nitrogen and oxygen atoms in total. The highest BCUT2D eigenvalue weighted by Crippen LogP contribution is 2.26. The smallest absolute Gasteiger partial charge is 0.191 e. The first-order chi connectivity index (χ1) is 13.7. The van der Waals surface area contributed by atoms with E-state index in [1.54, 1.807) is 0 Å². The number of aliphatic imine (C=N–C) groups is 1. The standard InChI is InChI=1S/C22H44N6/c1-4-23-22(25-20-10-11-28(18-20)21-8-6-7-9-21)24-16-19(3)17-27-14-12-26(5-2)13-15-27/h19-21H,4-18H2,1-3H3,(H2,23,24,25). The van der Waals surface area contributed by atoms with Crippen molar-refractivity contribution in [3.05, 3.63) is 0 Å². The maximum absolute atomic E-state index is 4.93.